The molecular weight excluding hydrogens is 305 g/mol. The molecule has 0 amide bonds. The molecule has 2 saturated carbocycles. The molecule has 1 aromatic carbocycles. The zero-order valence-corrected chi connectivity index (χ0v) is 12.1. The van der Waals surface area contributed by atoms with Gasteiger partial charge in [0, 0.05) is 17.2 Å². The van der Waals surface area contributed by atoms with Gasteiger partial charge in [0.2, 0.25) is 0 Å². The van der Waals surface area contributed by atoms with E-state index in [0.717, 1.165) is 19.3 Å². The van der Waals surface area contributed by atoms with Crippen molar-refractivity contribution in [3.8, 4) is 11.5 Å². The van der Waals surface area contributed by atoms with Gasteiger partial charge in [-0.25, -0.2) is 0 Å². The van der Waals surface area contributed by atoms with E-state index in [9.17, 15) is 13.2 Å². The quantitative estimate of drug-likeness (QED) is 0.737. The highest BCUT2D eigenvalue weighted by Gasteiger charge is 2.56. The van der Waals surface area contributed by atoms with Crippen LogP contribution >= 0.6 is 11.6 Å². The molecule has 2 unspecified atom stereocenters. The molecule has 2 atom stereocenters. The monoisotopic (exact) mass is 320 g/mol. The lowest BCUT2D eigenvalue weighted by molar-refractivity contribution is -0.274. The molecule has 0 N–H and O–H groups in total. The van der Waals surface area contributed by atoms with Gasteiger partial charge in [-0.1, -0.05) is 12.8 Å². The van der Waals surface area contributed by atoms with Crippen molar-refractivity contribution >= 4 is 11.6 Å². The molecule has 0 radical (unpaired) electrons. The summed E-state index contributed by atoms with van der Waals surface area (Å²) in [5, 5.41) is 0.151. The van der Waals surface area contributed by atoms with Crippen molar-refractivity contribution in [3.63, 3.8) is 0 Å². The third-order valence-corrected chi connectivity index (χ3v) is 5.17. The number of benzene rings is 1. The normalized spacial score (nSPS) is 27.4. The van der Waals surface area contributed by atoms with Crippen molar-refractivity contribution in [2.24, 2.45) is 5.41 Å². The van der Waals surface area contributed by atoms with Crippen LogP contribution in [0.5, 0.6) is 11.5 Å². The van der Waals surface area contributed by atoms with Gasteiger partial charge in [0.15, 0.2) is 0 Å². The number of ether oxygens (including phenoxy) is 2. The van der Waals surface area contributed by atoms with E-state index in [1.165, 1.54) is 37.1 Å². The van der Waals surface area contributed by atoms with Gasteiger partial charge < -0.3 is 9.47 Å². The molecule has 0 aromatic heterocycles. The van der Waals surface area contributed by atoms with Crippen molar-refractivity contribution in [2.45, 2.75) is 49.9 Å². The molecule has 0 heterocycles. The van der Waals surface area contributed by atoms with Crippen LogP contribution in [0.3, 0.4) is 0 Å². The van der Waals surface area contributed by atoms with Gasteiger partial charge in [0.25, 0.3) is 0 Å². The van der Waals surface area contributed by atoms with E-state index in [2.05, 4.69) is 4.74 Å². The lowest BCUT2D eigenvalue weighted by Crippen LogP contribution is -2.55. The Morgan fingerprint density at radius 1 is 1.05 bits per heavy atom. The molecule has 21 heavy (non-hydrogen) atoms. The van der Waals surface area contributed by atoms with Crippen LogP contribution in [0, 0.1) is 5.41 Å². The van der Waals surface area contributed by atoms with Crippen LogP contribution in [-0.2, 0) is 0 Å². The molecule has 2 aliphatic carbocycles. The lowest BCUT2D eigenvalue weighted by atomic mass is 9.64. The number of hydrogen-bond donors (Lipinski definition) is 0. The Hall–Kier alpha value is -1.10. The summed E-state index contributed by atoms with van der Waals surface area (Å²) < 4.78 is 46.0. The smallest absolute Gasteiger partial charge is 0.490 e. The van der Waals surface area contributed by atoms with E-state index in [1.54, 1.807) is 0 Å². The minimum absolute atomic E-state index is 0.0582. The third-order valence-electron chi connectivity index (χ3n) is 4.56. The van der Waals surface area contributed by atoms with Gasteiger partial charge in [-0.15, -0.1) is 24.8 Å². The Bertz CT molecular complexity index is 495. The second-order valence-electron chi connectivity index (χ2n) is 5.77. The van der Waals surface area contributed by atoms with Crippen molar-refractivity contribution in [1.29, 1.82) is 0 Å². The molecule has 1 spiro atoms. The molecule has 2 aliphatic rings. The zero-order valence-electron chi connectivity index (χ0n) is 11.3. The zero-order chi connectivity index (χ0) is 15.1. The topological polar surface area (TPSA) is 18.5 Å². The predicted molar refractivity (Wildman–Crippen MR) is 72.7 cm³/mol. The van der Waals surface area contributed by atoms with E-state index in [-0.39, 0.29) is 22.6 Å². The van der Waals surface area contributed by atoms with Crippen molar-refractivity contribution in [1.82, 2.24) is 0 Å². The van der Waals surface area contributed by atoms with Crippen molar-refractivity contribution in [3.05, 3.63) is 24.3 Å². The molecule has 0 bridgehead atoms. The standard InChI is InChI=1S/C15H16ClF3O2/c16-12-9-13(14(12)7-1-2-8-14)20-10-3-5-11(6-4-10)21-15(17,18)19/h3-6,12-13H,1-2,7-9H2. The number of hydrogen-bond acceptors (Lipinski definition) is 2. The Morgan fingerprint density at radius 2 is 1.62 bits per heavy atom. The van der Waals surface area contributed by atoms with Gasteiger partial charge in [-0.2, -0.15) is 0 Å². The van der Waals surface area contributed by atoms with Crippen LogP contribution in [0.2, 0.25) is 0 Å². The summed E-state index contributed by atoms with van der Waals surface area (Å²) in [7, 11) is 0. The Labute approximate surface area is 126 Å². The largest absolute Gasteiger partial charge is 0.573 e. The Morgan fingerprint density at radius 3 is 2.14 bits per heavy atom. The summed E-state index contributed by atoms with van der Waals surface area (Å²) >= 11 is 6.35. The SMILES string of the molecule is FC(F)(F)Oc1ccc(OC2CC(Cl)C23CCCC3)cc1. The van der Waals surface area contributed by atoms with Crippen LogP contribution < -0.4 is 9.47 Å². The van der Waals surface area contributed by atoms with E-state index >= 15 is 0 Å². The summed E-state index contributed by atoms with van der Waals surface area (Å²) in [6.07, 6.45) is 0.667. The molecule has 6 heteroatoms. The van der Waals surface area contributed by atoms with Gasteiger partial charge in [0.05, 0.1) is 0 Å². The van der Waals surface area contributed by atoms with Crippen LogP contribution in [0.4, 0.5) is 13.2 Å². The second kappa shape index (κ2) is 5.27. The van der Waals surface area contributed by atoms with Gasteiger partial charge >= 0.3 is 6.36 Å². The maximum atomic E-state index is 12.1. The van der Waals surface area contributed by atoms with Crippen molar-refractivity contribution in [2.75, 3.05) is 0 Å². The Balaban J connectivity index is 1.63. The molecule has 3 rings (SSSR count). The first kappa shape index (κ1) is 14.8. The first-order valence-corrected chi connectivity index (χ1v) is 7.49. The van der Waals surface area contributed by atoms with Crippen LogP contribution in [-0.4, -0.2) is 17.8 Å². The van der Waals surface area contributed by atoms with E-state index in [4.69, 9.17) is 16.3 Å². The highest BCUT2D eigenvalue weighted by Crippen LogP contribution is 2.57. The minimum Gasteiger partial charge on any atom is -0.490 e. The van der Waals surface area contributed by atoms with Gasteiger partial charge in [-0.3, -0.25) is 0 Å². The summed E-state index contributed by atoms with van der Waals surface area (Å²) in [6.45, 7) is 0. The van der Waals surface area contributed by atoms with E-state index < -0.39 is 6.36 Å². The molecule has 1 aromatic rings. The summed E-state index contributed by atoms with van der Waals surface area (Å²) in [4.78, 5) is 0. The van der Waals surface area contributed by atoms with Crippen LogP contribution in [0.25, 0.3) is 0 Å². The molecule has 0 saturated heterocycles. The van der Waals surface area contributed by atoms with Crippen molar-refractivity contribution < 1.29 is 22.6 Å². The third kappa shape index (κ3) is 2.93. The maximum Gasteiger partial charge on any atom is 0.573 e. The first-order chi connectivity index (χ1) is 9.89. The molecule has 2 fully saturated rings. The number of rotatable bonds is 3. The molecule has 2 nitrogen and oxygen atoms in total. The summed E-state index contributed by atoms with van der Waals surface area (Å²) in [6, 6.07) is 5.54. The average Bonchev–Trinajstić information content (AvgIpc) is 2.91. The van der Waals surface area contributed by atoms with Gasteiger partial charge in [-0.05, 0) is 37.1 Å². The maximum absolute atomic E-state index is 12.1. The summed E-state index contributed by atoms with van der Waals surface area (Å²) in [5.41, 5.74) is 0.0582. The first-order valence-electron chi connectivity index (χ1n) is 7.06. The lowest BCUT2D eigenvalue weighted by Gasteiger charge is -2.50. The second-order valence-corrected chi connectivity index (χ2v) is 6.30. The highest BCUT2D eigenvalue weighted by atomic mass is 35.5. The highest BCUT2D eigenvalue weighted by molar-refractivity contribution is 6.21. The van der Waals surface area contributed by atoms with Gasteiger partial charge in [0.1, 0.15) is 17.6 Å². The fourth-order valence-electron chi connectivity index (χ4n) is 3.42. The molecule has 0 aliphatic heterocycles. The fourth-order valence-corrected chi connectivity index (χ4v) is 3.94. The van der Waals surface area contributed by atoms with E-state index in [0.29, 0.717) is 5.75 Å². The summed E-state index contributed by atoms with van der Waals surface area (Å²) in [5.74, 6) is 0.318. The average molecular weight is 321 g/mol. The van der Waals surface area contributed by atoms with E-state index in [1.807, 2.05) is 0 Å². The fraction of sp³-hybridized carbons (Fsp3) is 0.600. The molecular formula is C15H16ClF3O2. The van der Waals surface area contributed by atoms with Crippen LogP contribution in [0.15, 0.2) is 24.3 Å². The number of alkyl halides is 4. The van der Waals surface area contributed by atoms with Crippen LogP contribution in [0.1, 0.15) is 32.1 Å². The predicted octanol–water partition coefficient (Wildman–Crippen LogP) is 4.90. The minimum atomic E-state index is -4.67. The molecule has 116 valence electrons. The number of halogens is 4. The Kier molecular flexibility index (Phi) is 3.72.